The first-order chi connectivity index (χ1) is 9.54. The highest BCUT2D eigenvalue weighted by Crippen LogP contribution is 2.22. The van der Waals surface area contributed by atoms with Crippen LogP contribution in [0.3, 0.4) is 0 Å². The van der Waals surface area contributed by atoms with E-state index in [4.69, 9.17) is 11.6 Å². The van der Waals surface area contributed by atoms with Crippen molar-refractivity contribution in [1.82, 2.24) is 10.2 Å². The molecule has 0 radical (unpaired) electrons. The molecule has 1 fully saturated rings. The van der Waals surface area contributed by atoms with Gasteiger partial charge >= 0.3 is 0 Å². The van der Waals surface area contributed by atoms with Gasteiger partial charge in [0.05, 0.1) is 5.02 Å². The third kappa shape index (κ3) is 3.43. The molecule has 0 aliphatic carbocycles. The third-order valence-electron chi connectivity index (χ3n) is 3.06. The fraction of sp³-hybridized carbons (Fsp3) is 0.462. The number of likely N-dealkylation sites (tertiary alicyclic amines) is 1. The molecule has 1 aliphatic rings. The lowest BCUT2D eigenvalue weighted by Gasteiger charge is -2.20. The van der Waals surface area contributed by atoms with Gasteiger partial charge in [-0.05, 0) is 31.9 Å². The summed E-state index contributed by atoms with van der Waals surface area (Å²) in [6.45, 7) is 4.18. The van der Waals surface area contributed by atoms with Crippen LogP contribution in [0, 0.1) is 0 Å². The van der Waals surface area contributed by atoms with Crippen LogP contribution in [-0.4, -0.2) is 38.9 Å². The maximum Gasteiger partial charge on any atom is 0.287 e. The van der Waals surface area contributed by atoms with E-state index >= 15 is 0 Å². The molecular formula is C13H18ClN3O2S. The van der Waals surface area contributed by atoms with Crippen LogP contribution in [0.25, 0.3) is 0 Å². The lowest BCUT2D eigenvalue weighted by Crippen LogP contribution is -2.40. The number of rotatable bonds is 3. The summed E-state index contributed by atoms with van der Waals surface area (Å²) < 4.78 is 28.6. The van der Waals surface area contributed by atoms with Gasteiger partial charge in [-0.15, -0.1) is 4.40 Å². The first kappa shape index (κ1) is 15.1. The average molecular weight is 316 g/mol. The monoisotopic (exact) mass is 315 g/mol. The van der Waals surface area contributed by atoms with Crippen LogP contribution in [0.2, 0.25) is 5.02 Å². The second kappa shape index (κ2) is 6.45. The van der Waals surface area contributed by atoms with Crippen LogP contribution in [-0.2, 0) is 10.0 Å². The van der Waals surface area contributed by atoms with Gasteiger partial charge in [0.25, 0.3) is 10.0 Å². The van der Waals surface area contributed by atoms with E-state index in [9.17, 15) is 8.42 Å². The zero-order chi connectivity index (χ0) is 14.6. The number of hydrogen-bond acceptors (Lipinski definition) is 2. The van der Waals surface area contributed by atoms with E-state index in [-0.39, 0.29) is 9.92 Å². The number of benzene rings is 1. The van der Waals surface area contributed by atoms with E-state index in [1.165, 1.54) is 6.07 Å². The molecule has 7 heteroatoms. The Morgan fingerprint density at radius 3 is 2.60 bits per heavy atom. The Kier molecular flexibility index (Phi) is 4.88. The maximum absolute atomic E-state index is 12.4. The number of nitrogens with one attached hydrogen (secondary N) is 1. The minimum atomic E-state index is -3.80. The molecule has 1 aromatic rings. The average Bonchev–Trinajstić information content (AvgIpc) is 2.92. The standard InChI is InChI=1S/C13H18ClN3O2S/c1-2-15-13(17-9-5-6-10-17)16-20(18,19)12-8-4-3-7-11(12)14/h3-4,7-8H,2,5-6,9-10H2,1H3,(H,15,16). The van der Waals surface area contributed by atoms with Crippen molar-refractivity contribution < 1.29 is 8.42 Å². The Morgan fingerprint density at radius 1 is 1.35 bits per heavy atom. The Hall–Kier alpha value is -1.27. The third-order valence-corrected chi connectivity index (χ3v) is 4.83. The largest absolute Gasteiger partial charge is 0.356 e. The second-order valence-electron chi connectivity index (χ2n) is 4.54. The van der Waals surface area contributed by atoms with E-state index in [0.717, 1.165) is 25.9 Å². The zero-order valence-corrected chi connectivity index (χ0v) is 12.9. The highest BCUT2D eigenvalue weighted by molar-refractivity contribution is 7.90. The summed E-state index contributed by atoms with van der Waals surface area (Å²) in [6, 6.07) is 6.34. The highest BCUT2D eigenvalue weighted by Gasteiger charge is 2.22. The second-order valence-corrected chi connectivity index (χ2v) is 6.52. The molecule has 2 rings (SSSR count). The van der Waals surface area contributed by atoms with Crippen molar-refractivity contribution in [2.45, 2.75) is 24.7 Å². The minimum absolute atomic E-state index is 0.0382. The molecule has 0 spiro atoms. The Balaban J connectivity index is 2.36. The minimum Gasteiger partial charge on any atom is -0.356 e. The maximum atomic E-state index is 12.4. The highest BCUT2D eigenvalue weighted by atomic mass is 35.5. The quantitative estimate of drug-likeness (QED) is 0.685. The molecule has 1 aliphatic heterocycles. The fourth-order valence-electron chi connectivity index (χ4n) is 2.11. The van der Waals surface area contributed by atoms with E-state index < -0.39 is 10.0 Å². The van der Waals surface area contributed by atoms with Gasteiger partial charge in [-0.1, -0.05) is 23.7 Å². The molecule has 110 valence electrons. The normalized spacial score (nSPS) is 16.5. The Bertz CT molecular complexity index is 595. The predicted molar refractivity (Wildman–Crippen MR) is 80.6 cm³/mol. The van der Waals surface area contributed by atoms with Gasteiger partial charge in [-0.25, -0.2) is 0 Å². The molecule has 0 unspecified atom stereocenters. The van der Waals surface area contributed by atoms with Crippen molar-refractivity contribution in [2.24, 2.45) is 4.40 Å². The summed E-state index contributed by atoms with van der Waals surface area (Å²) in [5.74, 6) is 0.407. The van der Waals surface area contributed by atoms with Crippen LogP contribution >= 0.6 is 11.6 Å². The van der Waals surface area contributed by atoms with E-state index in [0.29, 0.717) is 12.5 Å². The SMILES string of the molecule is CCN/C(=N\S(=O)(=O)c1ccccc1Cl)N1CCCC1. The van der Waals surface area contributed by atoms with Crippen molar-refractivity contribution in [3.05, 3.63) is 29.3 Å². The van der Waals surface area contributed by atoms with Crippen molar-refractivity contribution in [2.75, 3.05) is 19.6 Å². The molecule has 0 saturated carbocycles. The number of sulfonamides is 1. The van der Waals surface area contributed by atoms with Crippen molar-refractivity contribution >= 4 is 27.6 Å². The van der Waals surface area contributed by atoms with E-state index in [1.54, 1.807) is 18.2 Å². The molecule has 20 heavy (non-hydrogen) atoms. The molecule has 1 N–H and O–H groups in total. The first-order valence-corrected chi connectivity index (χ1v) is 8.44. The number of nitrogens with zero attached hydrogens (tertiary/aromatic N) is 2. The van der Waals surface area contributed by atoms with Crippen LogP contribution in [0.15, 0.2) is 33.6 Å². The molecule has 1 heterocycles. The van der Waals surface area contributed by atoms with E-state index in [2.05, 4.69) is 9.71 Å². The first-order valence-electron chi connectivity index (χ1n) is 6.63. The predicted octanol–water partition coefficient (Wildman–Crippen LogP) is 2.09. The molecule has 5 nitrogen and oxygen atoms in total. The number of hydrogen-bond donors (Lipinski definition) is 1. The van der Waals surface area contributed by atoms with Crippen molar-refractivity contribution in [1.29, 1.82) is 0 Å². The smallest absolute Gasteiger partial charge is 0.287 e. The molecule has 1 aromatic carbocycles. The summed E-state index contributed by atoms with van der Waals surface area (Å²) >= 11 is 5.95. The Labute approximate surface area is 124 Å². The lowest BCUT2D eigenvalue weighted by molar-refractivity contribution is 0.497. The summed E-state index contributed by atoms with van der Waals surface area (Å²) in [6.07, 6.45) is 2.10. The van der Waals surface area contributed by atoms with Gasteiger partial charge in [0.1, 0.15) is 4.90 Å². The van der Waals surface area contributed by atoms with Crippen LogP contribution in [0.4, 0.5) is 0 Å². The molecule has 0 atom stereocenters. The molecular weight excluding hydrogens is 298 g/mol. The molecule has 0 aromatic heterocycles. The molecule has 0 bridgehead atoms. The number of halogens is 1. The van der Waals surface area contributed by atoms with Gasteiger partial charge in [-0.2, -0.15) is 8.42 Å². The van der Waals surface area contributed by atoms with Gasteiger partial charge in [0, 0.05) is 19.6 Å². The summed E-state index contributed by atoms with van der Waals surface area (Å²) in [5, 5.41) is 3.21. The summed E-state index contributed by atoms with van der Waals surface area (Å²) in [7, 11) is -3.80. The van der Waals surface area contributed by atoms with Gasteiger partial charge in [0.15, 0.2) is 0 Å². The summed E-state index contributed by atoms with van der Waals surface area (Å²) in [4.78, 5) is 1.99. The molecule has 0 amide bonds. The van der Waals surface area contributed by atoms with Crippen molar-refractivity contribution in [3.63, 3.8) is 0 Å². The fourth-order valence-corrected chi connectivity index (χ4v) is 3.61. The lowest BCUT2D eigenvalue weighted by atomic mass is 10.4. The van der Waals surface area contributed by atoms with Crippen LogP contribution < -0.4 is 5.32 Å². The Morgan fingerprint density at radius 2 is 2.00 bits per heavy atom. The van der Waals surface area contributed by atoms with Gasteiger partial charge in [0.2, 0.25) is 5.96 Å². The number of guanidine groups is 1. The van der Waals surface area contributed by atoms with Gasteiger partial charge < -0.3 is 10.2 Å². The topological polar surface area (TPSA) is 61.8 Å². The zero-order valence-electron chi connectivity index (χ0n) is 11.3. The van der Waals surface area contributed by atoms with Gasteiger partial charge in [-0.3, -0.25) is 0 Å². The van der Waals surface area contributed by atoms with Crippen LogP contribution in [0.1, 0.15) is 19.8 Å². The van der Waals surface area contributed by atoms with Crippen LogP contribution in [0.5, 0.6) is 0 Å². The summed E-state index contributed by atoms with van der Waals surface area (Å²) in [5.41, 5.74) is 0. The molecule has 1 saturated heterocycles. The van der Waals surface area contributed by atoms with E-state index in [1.807, 2.05) is 11.8 Å². The van der Waals surface area contributed by atoms with Crippen molar-refractivity contribution in [3.8, 4) is 0 Å².